The fraction of sp³-hybridized carbons (Fsp3) is 0.176. The number of phenols is 1. The predicted molar refractivity (Wildman–Crippen MR) is 91.6 cm³/mol. The van der Waals surface area contributed by atoms with Gasteiger partial charge in [0.1, 0.15) is 11.9 Å². The van der Waals surface area contributed by atoms with Crippen LogP contribution in [0.2, 0.25) is 5.02 Å². The van der Waals surface area contributed by atoms with Crippen LogP contribution in [0.3, 0.4) is 0 Å². The van der Waals surface area contributed by atoms with Crippen molar-refractivity contribution in [3.63, 3.8) is 0 Å². The number of aliphatic hydroxyl groups is 1. The minimum Gasteiger partial charge on any atom is -0.506 e. The molecular formula is C17H16ClNO2S. The van der Waals surface area contributed by atoms with Crippen molar-refractivity contribution in [2.45, 2.75) is 12.6 Å². The highest BCUT2D eigenvalue weighted by Crippen LogP contribution is 2.30. The van der Waals surface area contributed by atoms with Crippen LogP contribution in [-0.4, -0.2) is 16.8 Å². The van der Waals surface area contributed by atoms with Gasteiger partial charge in [-0.2, -0.15) is 0 Å². The Morgan fingerprint density at radius 2 is 1.95 bits per heavy atom. The van der Waals surface area contributed by atoms with E-state index in [9.17, 15) is 10.2 Å². The number of aliphatic hydroxyl groups excluding tert-OH is 1. The van der Waals surface area contributed by atoms with Crippen molar-refractivity contribution in [2.75, 3.05) is 6.54 Å². The molecule has 0 radical (unpaired) electrons. The lowest BCUT2D eigenvalue weighted by molar-refractivity contribution is 0.178. The molecule has 0 saturated heterocycles. The molecule has 1 heterocycles. The number of benzene rings is 2. The second-order valence-corrected chi connectivity index (χ2v) is 6.60. The minimum atomic E-state index is -0.571. The Balaban J connectivity index is 1.62. The number of thiophene rings is 1. The number of hydrogen-bond acceptors (Lipinski definition) is 4. The van der Waals surface area contributed by atoms with E-state index in [1.54, 1.807) is 29.5 Å². The van der Waals surface area contributed by atoms with E-state index < -0.39 is 6.10 Å². The van der Waals surface area contributed by atoms with Crippen molar-refractivity contribution in [1.82, 2.24) is 5.32 Å². The number of rotatable bonds is 5. The number of halogens is 1. The summed E-state index contributed by atoms with van der Waals surface area (Å²) < 4.78 is 1.17. The van der Waals surface area contributed by atoms with Crippen LogP contribution in [-0.2, 0) is 6.54 Å². The Morgan fingerprint density at radius 1 is 1.14 bits per heavy atom. The Kier molecular flexibility index (Phi) is 4.64. The monoisotopic (exact) mass is 333 g/mol. The van der Waals surface area contributed by atoms with E-state index in [-0.39, 0.29) is 5.75 Å². The summed E-state index contributed by atoms with van der Waals surface area (Å²) in [6.07, 6.45) is -0.571. The average molecular weight is 334 g/mol. The van der Waals surface area contributed by atoms with Gasteiger partial charge in [0.2, 0.25) is 0 Å². The summed E-state index contributed by atoms with van der Waals surface area (Å²) >= 11 is 7.47. The molecule has 0 aliphatic rings. The number of fused-ring (bicyclic) bond motifs is 1. The molecule has 1 atom stereocenters. The maximum atomic E-state index is 10.3. The van der Waals surface area contributed by atoms with Crippen LogP contribution >= 0.6 is 22.9 Å². The van der Waals surface area contributed by atoms with Crippen LogP contribution in [0.15, 0.2) is 48.5 Å². The van der Waals surface area contributed by atoms with Gasteiger partial charge in [-0.1, -0.05) is 41.9 Å². The van der Waals surface area contributed by atoms with Gasteiger partial charge in [0, 0.05) is 28.2 Å². The molecule has 22 heavy (non-hydrogen) atoms. The fourth-order valence-electron chi connectivity index (χ4n) is 2.31. The molecule has 0 saturated carbocycles. The molecule has 3 N–H and O–H groups in total. The molecule has 0 aliphatic heterocycles. The van der Waals surface area contributed by atoms with Crippen molar-refractivity contribution in [3.8, 4) is 5.75 Å². The number of phenolic OH excluding ortho intramolecular Hbond substituents is 1. The van der Waals surface area contributed by atoms with E-state index in [0.29, 0.717) is 18.1 Å². The van der Waals surface area contributed by atoms with Crippen molar-refractivity contribution in [3.05, 3.63) is 64.0 Å². The molecule has 3 nitrogen and oxygen atoms in total. The summed E-state index contributed by atoms with van der Waals surface area (Å²) in [6.45, 7) is 0.868. The van der Waals surface area contributed by atoms with Crippen LogP contribution in [0.5, 0.6) is 5.75 Å². The van der Waals surface area contributed by atoms with Gasteiger partial charge in [-0.05, 0) is 23.6 Å². The van der Waals surface area contributed by atoms with Gasteiger partial charge in [-0.3, -0.25) is 0 Å². The third-order valence-corrected chi connectivity index (χ3v) is 5.02. The van der Waals surface area contributed by atoms with E-state index in [1.165, 1.54) is 4.70 Å². The summed E-state index contributed by atoms with van der Waals surface area (Å²) in [5, 5.41) is 24.8. The zero-order chi connectivity index (χ0) is 15.5. The summed E-state index contributed by atoms with van der Waals surface area (Å²) in [4.78, 5) is 0.934. The highest BCUT2D eigenvalue weighted by atomic mass is 35.5. The smallest absolute Gasteiger partial charge is 0.138 e. The molecule has 0 bridgehead atoms. The van der Waals surface area contributed by atoms with Gasteiger partial charge in [-0.15, -0.1) is 11.3 Å². The standard InChI is InChI=1S/C17H16ClNO2S/c18-13-6-3-5-12(17(13)21)9-19-10-14(20)16-8-11-4-1-2-7-15(11)22-16/h1-8,14,19-21H,9-10H2. The molecule has 0 aliphatic carbocycles. The van der Waals surface area contributed by atoms with Crippen molar-refractivity contribution in [2.24, 2.45) is 0 Å². The van der Waals surface area contributed by atoms with Crippen LogP contribution < -0.4 is 5.32 Å². The SMILES string of the molecule is Oc1c(Cl)cccc1CNCC(O)c1cc2ccccc2s1. The van der Waals surface area contributed by atoms with Crippen LogP contribution in [0, 0.1) is 0 Å². The molecule has 3 rings (SSSR count). The van der Waals surface area contributed by atoms with E-state index in [1.807, 2.05) is 30.3 Å². The molecule has 3 aromatic rings. The molecular weight excluding hydrogens is 318 g/mol. The quantitative estimate of drug-likeness (QED) is 0.659. The first-order valence-corrected chi connectivity index (χ1v) is 8.18. The Labute approximate surface area is 137 Å². The lowest BCUT2D eigenvalue weighted by Crippen LogP contribution is -2.20. The van der Waals surface area contributed by atoms with Gasteiger partial charge >= 0.3 is 0 Å². The second-order valence-electron chi connectivity index (χ2n) is 5.08. The van der Waals surface area contributed by atoms with Crippen LogP contribution in [0.25, 0.3) is 10.1 Å². The molecule has 5 heteroatoms. The normalized spacial score (nSPS) is 12.6. The summed E-state index contributed by atoms with van der Waals surface area (Å²) in [6, 6.07) is 15.3. The van der Waals surface area contributed by atoms with Gasteiger partial charge in [-0.25, -0.2) is 0 Å². The maximum absolute atomic E-state index is 10.3. The van der Waals surface area contributed by atoms with Gasteiger partial charge in [0.25, 0.3) is 0 Å². The number of para-hydroxylation sites is 1. The zero-order valence-electron chi connectivity index (χ0n) is 11.8. The van der Waals surface area contributed by atoms with Crippen molar-refractivity contribution in [1.29, 1.82) is 0 Å². The van der Waals surface area contributed by atoms with Crippen molar-refractivity contribution >= 4 is 33.0 Å². The summed E-state index contributed by atoms with van der Waals surface area (Å²) in [5.74, 6) is 0.0908. The molecule has 114 valence electrons. The van der Waals surface area contributed by atoms with Crippen molar-refractivity contribution < 1.29 is 10.2 Å². The molecule has 2 aromatic carbocycles. The van der Waals surface area contributed by atoms with Gasteiger partial charge in [0.05, 0.1) is 5.02 Å². The summed E-state index contributed by atoms with van der Waals surface area (Å²) in [7, 11) is 0. The highest BCUT2D eigenvalue weighted by molar-refractivity contribution is 7.19. The Bertz CT molecular complexity index is 754. The first-order valence-electron chi connectivity index (χ1n) is 6.99. The van der Waals surface area contributed by atoms with Crippen LogP contribution in [0.1, 0.15) is 16.5 Å². The number of nitrogens with one attached hydrogen (secondary N) is 1. The minimum absolute atomic E-state index is 0.0908. The fourth-order valence-corrected chi connectivity index (χ4v) is 3.56. The number of hydrogen-bond donors (Lipinski definition) is 3. The molecule has 0 spiro atoms. The number of aromatic hydroxyl groups is 1. The second kappa shape index (κ2) is 6.67. The largest absolute Gasteiger partial charge is 0.506 e. The third-order valence-electron chi connectivity index (χ3n) is 3.50. The first kappa shape index (κ1) is 15.3. The lowest BCUT2D eigenvalue weighted by Gasteiger charge is -2.11. The molecule has 1 unspecified atom stereocenters. The van der Waals surface area contributed by atoms with E-state index in [2.05, 4.69) is 5.32 Å². The molecule has 0 fully saturated rings. The van der Waals surface area contributed by atoms with E-state index >= 15 is 0 Å². The Hall–Kier alpha value is -1.59. The average Bonchev–Trinajstić information content (AvgIpc) is 2.95. The Morgan fingerprint density at radius 3 is 2.77 bits per heavy atom. The van der Waals surface area contributed by atoms with E-state index in [0.717, 1.165) is 15.8 Å². The molecule has 1 aromatic heterocycles. The topological polar surface area (TPSA) is 52.5 Å². The molecule has 0 amide bonds. The third kappa shape index (κ3) is 3.25. The van der Waals surface area contributed by atoms with Gasteiger partial charge in [0.15, 0.2) is 0 Å². The van der Waals surface area contributed by atoms with Crippen LogP contribution in [0.4, 0.5) is 0 Å². The maximum Gasteiger partial charge on any atom is 0.138 e. The van der Waals surface area contributed by atoms with Gasteiger partial charge < -0.3 is 15.5 Å². The van der Waals surface area contributed by atoms with E-state index in [4.69, 9.17) is 11.6 Å². The lowest BCUT2D eigenvalue weighted by atomic mass is 10.2. The summed E-state index contributed by atoms with van der Waals surface area (Å²) in [5.41, 5.74) is 0.719. The first-order chi connectivity index (χ1) is 10.6. The predicted octanol–water partition coefficient (Wildman–Crippen LogP) is 4.08. The highest BCUT2D eigenvalue weighted by Gasteiger charge is 2.12. The zero-order valence-corrected chi connectivity index (χ0v) is 13.4.